The number of carboxylic acids is 1. The summed E-state index contributed by atoms with van der Waals surface area (Å²) < 4.78 is 0. The molecule has 6 heteroatoms. The van der Waals surface area contributed by atoms with Crippen LogP contribution in [0, 0.1) is 6.92 Å². The number of carbonyl (C=O) groups excluding carboxylic acids is 1. The Labute approximate surface area is 126 Å². The summed E-state index contributed by atoms with van der Waals surface area (Å²) in [5.74, 6) is -1.02. The highest BCUT2D eigenvalue weighted by Gasteiger charge is 2.09. The fraction of sp³-hybridized carbons (Fsp3) is 0.0667. The molecular formula is C15H13ClN2O3. The topological polar surface area (TPSA) is 78.4 Å². The van der Waals surface area contributed by atoms with Crippen LogP contribution >= 0.6 is 11.6 Å². The number of amides is 2. The van der Waals surface area contributed by atoms with Gasteiger partial charge in [-0.25, -0.2) is 9.59 Å². The molecule has 0 aliphatic carbocycles. The molecule has 2 aromatic carbocycles. The fourth-order valence-corrected chi connectivity index (χ4v) is 2.03. The maximum absolute atomic E-state index is 11.9. The Hall–Kier alpha value is -2.53. The van der Waals surface area contributed by atoms with Gasteiger partial charge in [0.1, 0.15) is 0 Å². The minimum Gasteiger partial charge on any atom is -0.478 e. The number of halogens is 1. The van der Waals surface area contributed by atoms with Crippen LogP contribution in [0.2, 0.25) is 5.02 Å². The molecule has 0 saturated carbocycles. The minimum absolute atomic E-state index is 0.155. The van der Waals surface area contributed by atoms with E-state index in [0.29, 0.717) is 16.4 Å². The molecule has 2 amide bonds. The summed E-state index contributed by atoms with van der Waals surface area (Å²) in [6.07, 6.45) is 0. The number of anilines is 2. The standard InChI is InChI=1S/C15H13ClN2O3/c1-9-3-2-4-12(16)13(9)18-15(21)17-11-7-5-10(6-8-11)14(19)20/h2-8H,1H3,(H,19,20)(H2,17,18,21). The van der Waals surface area contributed by atoms with Crippen molar-refractivity contribution in [2.24, 2.45) is 0 Å². The molecule has 0 saturated heterocycles. The third-order valence-electron chi connectivity index (χ3n) is 2.85. The molecule has 0 atom stereocenters. The molecule has 0 heterocycles. The molecule has 0 aliphatic heterocycles. The molecule has 0 aliphatic rings. The SMILES string of the molecule is Cc1cccc(Cl)c1NC(=O)Nc1ccc(C(=O)O)cc1. The molecule has 0 bridgehead atoms. The Morgan fingerprint density at radius 3 is 2.29 bits per heavy atom. The Morgan fingerprint density at radius 2 is 1.71 bits per heavy atom. The van der Waals surface area contributed by atoms with E-state index in [2.05, 4.69) is 10.6 Å². The number of hydrogen-bond acceptors (Lipinski definition) is 2. The van der Waals surface area contributed by atoms with Gasteiger partial charge in [0, 0.05) is 5.69 Å². The van der Waals surface area contributed by atoms with Crippen LogP contribution in [0.15, 0.2) is 42.5 Å². The van der Waals surface area contributed by atoms with Crippen molar-refractivity contribution in [2.45, 2.75) is 6.92 Å². The van der Waals surface area contributed by atoms with Crippen molar-refractivity contribution in [2.75, 3.05) is 10.6 Å². The Morgan fingerprint density at radius 1 is 1.05 bits per heavy atom. The van der Waals surface area contributed by atoms with Crippen molar-refractivity contribution in [3.8, 4) is 0 Å². The second-order valence-corrected chi connectivity index (χ2v) is 4.80. The van der Waals surface area contributed by atoms with Gasteiger partial charge in [-0.15, -0.1) is 0 Å². The average Bonchev–Trinajstić information content (AvgIpc) is 2.43. The van der Waals surface area contributed by atoms with Gasteiger partial charge >= 0.3 is 12.0 Å². The van der Waals surface area contributed by atoms with Crippen LogP contribution in [0.25, 0.3) is 0 Å². The molecule has 0 aromatic heterocycles. The third kappa shape index (κ3) is 3.73. The molecule has 0 fully saturated rings. The highest BCUT2D eigenvalue weighted by Crippen LogP contribution is 2.25. The number of hydrogen-bond donors (Lipinski definition) is 3. The summed E-state index contributed by atoms with van der Waals surface area (Å²) in [6, 6.07) is 10.7. The fourth-order valence-electron chi connectivity index (χ4n) is 1.76. The Bertz CT molecular complexity index is 664. The van der Waals surface area contributed by atoms with Crippen LogP contribution in [0.4, 0.5) is 16.2 Å². The predicted molar refractivity (Wildman–Crippen MR) is 82.2 cm³/mol. The largest absolute Gasteiger partial charge is 0.478 e. The second kappa shape index (κ2) is 6.28. The van der Waals surface area contributed by atoms with Gasteiger partial charge < -0.3 is 15.7 Å². The lowest BCUT2D eigenvalue weighted by atomic mass is 10.2. The van der Waals surface area contributed by atoms with E-state index in [0.717, 1.165) is 5.56 Å². The molecule has 3 N–H and O–H groups in total. The van der Waals surface area contributed by atoms with Crippen molar-refractivity contribution in [1.29, 1.82) is 0 Å². The molecule has 2 aromatic rings. The van der Waals surface area contributed by atoms with E-state index in [9.17, 15) is 9.59 Å². The number of benzene rings is 2. The maximum atomic E-state index is 11.9. The molecule has 21 heavy (non-hydrogen) atoms. The summed E-state index contributed by atoms with van der Waals surface area (Å²) in [5.41, 5.74) is 2.03. The van der Waals surface area contributed by atoms with Gasteiger partial charge in [0.05, 0.1) is 16.3 Å². The lowest BCUT2D eigenvalue weighted by Crippen LogP contribution is -2.20. The quantitative estimate of drug-likeness (QED) is 0.802. The molecule has 0 unspecified atom stereocenters. The summed E-state index contributed by atoms with van der Waals surface area (Å²) >= 11 is 6.02. The lowest BCUT2D eigenvalue weighted by molar-refractivity contribution is 0.0697. The van der Waals surface area contributed by atoms with Crippen LogP contribution < -0.4 is 10.6 Å². The summed E-state index contributed by atoms with van der Waals surface area (Å²) in [5, 5.41) is 14.5. The molecule has 5 nitrogen and oxygen atoms in total. The van der Waals surface area contributed by atoms with E-state index in [4.69, 9.17) is 16.7 Å². The van der Waals surface area contributed by atoms with E-state index in [1.807, 2.05) is 13.0 Å². The van der Waals surface area contributed by atoms with Gasteiger partial charge in [0.2, 0.25) is 0 Å². The number of carboxylic acid groups (broad SMARTS) is 1. The Balaban J connectivity index is 2.06. The smallest absolute Gasteiger partial charge is 0.335 e. The third-order valence-corrected chi connectivity index (χ3v) is 3.17. The van der Waals surface area contributed by atoms with Crippen molar-refractivity contribution < 1.29 is 14.7 Å². The van der Waals surface area contributed by atoms with E-state index < -0.39 is 12.0 Å². The van der Waals surface area contributed by atoms with Crippen LogP contribution in [0.1, 0.15) is 15.9 Å². The predicted octanol–water partition coefficient (Wildman–Crippen LogP) is 3.99. The van der Waals surface area contributed by atoms with Crippen LogP contribution in [0.5, 0.6) is 0 Å². The van der Waals surface area contributed by atoms with E-state index in [1.165, 1.54) is 24.3 Å². The second-order valence-electron chi connectivity index (χ2n) is 4.39. The molecular weight excluding hydrogens is 292 g/mol. The minimum atomic E-state index is -1.02. The molecule has 108 valence electrons. The first-order valence-electron chi connectivity index (χ1n) is 6.14. The monoisotopic (exact) mass is 304 g/mol. The first-order chi connectivity index (χ1) is 9.97. The normalized spacial score (nSPS) is 10.0. The summed E-state index contributed by atoms with van der Waals surface area (Å²) in [4.78, 5) is 22.6. The number of nitrogens with one attached hydrogen (secondary N) is 2. The Kier molecular flexibility index (Phi) is 4.45. The van der Waals surface area contributed by atoms with Crippen LogP contribution in [0.3, 0.4) is 0 Å². The van der Waals surface area contributed by atoms with Crippen molar-refractivity contribution in [3.63, 3.8) is 0 Å². The first-order valence-corrected chi connectivity index (χ1v) is 6.51. The zero-order chi connectivity index (χ0) is 15.4. The van der Waals surface area contributed by atoms with Crippen molar-refractivity contribution in [3.05, 3.63) is 58.6 Å². The number of carbonyl (C=O) groups is 2. The zero-order valence-corrected chi connectivity index (χ0v) is 11.9. The first kappa shape index (κ1) is 14.9. The van der Waals surface area contributed by atoms with Gasteiger partial charge in [-0.3, -0.25) is 0 Å². The van der Waals surface area contributed by atoms with Gasteiger partial charge in [-0.1, -0.05) is 23.7 Å². The number of rotatable bonds is 3. The number of aromatic carboxylic acids is 1. The summed E-state index contributed by atoms with van der Waals surface area (Å²) in [6.45, 7) is 1.84. The van der Waals surface area contributed by atoms with Gasteiger partial charge in [0.25, 0.3) is 0 Å². The zero-order valence-electron chi connectivity index (χ0n) is 11.2. The van der Waals surface area contributed by atoms with Gasteiger partial charge in [0.15, 0.2) is 0 Å². The molecule has 0 spiro atoms. The molecule has 0 radical (unpaired) electrons. The van der Waals surface area contributed by atoms with Crippen molar-refractivity contribution in [1.82, 2.24) is 0 Å². The van der Waals surface area contributed by atoms with E-state index in [-0.39, 0.29) is 5.56 Å². The van der Waals surface area contributed by atoms with Crippen LogP contribution in [-0.4, -0.2) is 17.1 Å². The highest BCUT2D eigenvalue weighted by atomic mass is 35.5. The highest BCUT2D eigenvalue weighted by molar-refractivity contribution is 6.34. The summed E-state index contributed by atoms with van der Waals surface area (Å²) in [7, 11) is 0. The van der Waals surface area contributed by atoms with Gasteiger partial charge in [-0.05, 0) is 42.8 Å². The van der Waals surface area contributed by atoms with E-state index >= 15 is 0 Å². The van der Waals surface area contributed by atoms with E-state index in [1.54, 1.807) is 12.1 Å². The number of aryl methyl sites for hydroxylation is 1. The van der Waals surface area contributed by atoms with Gasteiger partial charge in [-0.2, -0.15) is 0 Å². The molecule has 2 rings (SSSR count). The number of urea groups is 1. The number of para-hydroxylation sites is 1. The lowest BCUT2D eigenvalue weighted by Gasteiger charge is -2.11. The van der Waals surface area contributed by atoms with Crippen LogP contribution in [-0.2, 0) is 0 Å². The van der Waals surface area contributed by atoms with Crippen molar-refractivity contribution >= 4 is 35.0 Å². The maximum Gasteiger partial charge on any atom is 0.335 e. The average molecular weight is 305 g/mol.